The van der Waals surface area contributed by atoms with Crippen molar-refractivity contribution in [3.63, 3.8) is 0 Å². The second-order valence-corrected chi connectivity index (χ2v) is 4.34. The Bertz CT molecular complexity index is 580. The van der Waals surface area contributed by atoms with E-state index in [2.05, 4.69) is 9.97 Å². The minimum absolute atomic E-state index is 0.245. The Kier molecular flexibility index (Phi) is 3.61. The number of aromatic nitrogens is 2. The van der Waals surface area contributed by atoms with Gasteiger partial charge in [-0.05, 0) is 18.2 Å². The van der Waals surface area contributed by atoms with Crippen LogP contribution in [0.5, 0.6) is 5.88 Å². The van der Waals surface area contributed by atoms with Crippen molar-refractivity contribution in [1.29, 1.82) is 0 Å². The predicted molar refractivity (Wildman–Crippen MR) is 63.5 cm³/mol. The third-order valence-corrected chi connectivity index (χ3v) is 3.12. The molecular formula is C11H9F2N3OS. The first-order chi connectivity index (χ1) is 8.61. The molecule has 0 spiro atoms. The van der Waals surface area contributed by atoms with Gasteiger partial charge in [-0.25, -0.2) is 13.8 Å². The van der Waals surface area contributed by atoms with Crippen LogP contribution in [0.4, 0.5) is 14.5 Å². The summed E-state index contributed by atoms with van der Waals surface area (Å²) >= 11 is 1.10. The molecule has 0 aliphatic rings. The Balaban J connectivity index is 2.31. The van der Waals surface area contributed by atoms with Gasteiger partial charge in [0, 0.05) is 4.90 Å². The van der Waals surface area contributed by atoms with Crippen LogP contribution >= 0.6 is 11.8 Å². The van der Waals surface area contributed by atoms with Crippen molar-refractivity contribution < 1.29 is 13.5 Å². The lowest BCUT2D eigenvalue weighted by molar-refractivity contribution is 0.397. The average Bonchev–Trinajstić information content (AvgIpc) is 2.36. The van der Waals surface area contributed by atoms with Crippen molar-refractivity contribution in [2.24, 2.45) is 0 Å². The van der Waals surface area contributed by atoms with E-state index in [1.807, 2.05) is 0 Å². The summed E-state index contributed by atoms with van der Waals surface area (Å²) in [5.74, 6) is -1.57. The van der Waals surface area contributed by atoms with E-state index in [1.165, 1.54) is 19.5 Å². The monoisotopic (exact) mass is 269 g/mol. The number of anilines is 1. The van der Waals surface area contributed by atoms with Crippen molar-refractivity contribution >= 4 is 17.4 Å². The summed E-state index contributed by atoms with van der Waals surface area (Å²) in [4.78, 5) is 8.28. The molecule has 1 heterocycles. The quantitative estimate of drug-likeness (QED) is 0.867. The van der Waals surface area contributed by atoms with Gasteiger partial charge in [0.25, 0.3) is 0 Å². The molecule has 0 fully saturated rings. The highest BCUT2D eigenvalue weighted by molar-refractivity contribution is 7.99. The number of ether oxygens (including phenoxy) is 1. The summed E-state index contributed by atoms with van der Waals surface area (Å²) in [6.45, 7) is 0. The van der Waals surface area contributed by atoms with Crippen molar-refractivity contribution in [2.75, 3.05) is 12.8 Å². The number of nitrogens with zero attached hydrogens (tertiary/aromatic N) is 2. The Morgan fingerprint density at radius 1 is 1.22 bits per heavy atom. The van der Waals surface area contributed by atoms with Gasteiger partial charge in [0.1, 0.15) is 17.0 Å². The van der Waals surface area contributed by atoms with Crippen LogP contribution < -0.4 is 10.5 Å². The zero-order chi connectivity index (χ0) is 13.1. The minimum atomic E-state index is -0.917. The van der Waals surface area contributed by atoms with Gasteiger partial charge in [0.15, 0.2) is 11.6 Å². The van der Waals surface area contributed by atoms with Crippen molar-refractivity contribution in [1.82, 2.24) is 9.97 Å². The lowest BCUT2D eigenvalue weighted by Gasteiger charge is -2.07. The van der Waals surface area contributed by atoms with Crippen LogP contribution in [-0.2, 0) is 0 Å². The molecule has 94 valence electrons. The van der Waals surface area contributed by atoms with E-state index in [0.717, 1.165) is 23.9 Å². The average molecular weight is 269 g/mol. The highest BCUT2D eigenvalue weighted by atomic mass is 32.2. The van der Waals surface area contributed by atoms with Crippen LogP contribution in [0.15, 0.2) is 34.4 Å². The molecule has 1 aromatic heterocycles. The normalized spacial score (nSPS) is 10.4. The molecule has 0 radical (unpaired) electrons. The summed E-state index contributed by atoms with van der Waals surface area (Å²) in [6.07, 6.45) is 1.29. The summed E-state index contributed by atoms with van der Waals surface area (Å²) in [6, 6.07) is 3.57. The van der Waals surface area contributed by atoms with Gasteiger partial charge >= 0.3 is 0 Å². The molecule has 18 heavy (non-hydrogen) atoms. The Morgan fingerprint density at radius 2 is 2.00 bits per heavy atom. The molecule has 0 aliphatic heterocycles. The van der Waals surface area contributed by atoms with Crippen LogP contribution in [0.3, 0.4) is 0 Å². The van der Waals surface area contributed by atoms with Gasteiger partial charge in [-0.3, -0.25) is 0 Å². The maximum atomic E-state index is 13.1. The molecule has 0 aliphatic carbocycles. The Morgan fingerprint density at radius 3 is 2.67 bits per heavy atom. The summed E-state index contributed by atoms with van der Waals surface area (Å²) in [7, 11) is 1.44. The maximum absolute atomic E-state index is 13.1. The lowest BCUT2D eigenvalue weighted by atomic mass is 10.3. The number of hydrogen-bond acceptors (Lipinski definition) is 5. The Labute approximate surface area is 106 Å². The topological polar surface area (TPSA) is 61.0 Å². The fourth-order valence-electron chi connectivity index (χ4n) is 1.26. The fraction of sp³-hybridized carbons (Fsp3) is 0.0909. The van der Waals surface area contributed by atoms with E-state index in [-0.39, 0.29) is 11.6 Å². The van der Waals surface area contributed by atoms with Gasteiger partial charge in [0.05, 0.1) is 7.11 Å². The van der Waals surface area contributed by atoms with Gasteiger partial charge in [-0.2, -0.15) is 4.98 Å². The molecule has 0 amide bonds. The van der Waals surface area contributed by atoms with Crippen molar-refractivity contribution in [2.45, 2.75) is 9.92 Å². The van der Waals surface area contributed by atoms with Crippen LogP contribution in [0.1, 0.15) is 0 Å². The van der Waals surface area contributed by atoms with Gasteiger partial charge in [-0.1, -0.05) is 11.8 Å². The molecular weight excluding hydrogens is 260 g/mol. The smallest absolute Gasteiger partial charge is 0.241 e. The van der Waals surface area contributed by atoms with Gasteiger partial charge < -0.3 is 10.5 Å². The second-order valence-electron chi connectivity index (χ2n) is 3.28. The zero-order valence-electron chi connectivity index (χ0n) is 9.35. The highest BCUT2D eigenvalue weighted by Crippen LogP contribution is 2.34. The third-order valence-electron chi connectivity index (χ3n) is 2.11. The number of methoxy groups -OCH3 is 1. The lowest BCUT2D eigenvalue weighted by Crippen LogP contribution is -1.99. The van der Waals surface area contributed by atoms with E-state index in [0.29, 0.717) is 9.92 Å². The number of hydrogen-bond donors (Lipinski definition) is 1. The van der Waals surface area contributed by atoms with Crippen LogP contribution in [0.25, 0.3) is 0 Å². The fourth-order valence-corrected chi connectivity index (χ4v) is 2.08. The molecule has 0 unspecified atom stereocenters. The molecule has 0 bridgehead atoms. The van der Waals surface area contributed by atoms with E-state index < -0.39 is 11.6 Å². The molecule has 1 aromatic carbocycles. The summed E-state index contributed by atoms with van der Waals surface area (Å²) in [5.41, 5.74) is 6.03. The van der Waals surface area contributed by atoms with E-state index in [1.54, 1.807) is 0 Å². The third kappa shape index (κ3) is 2.51. The molecule has 0 saturated heterocycles. The summed E-state index contributed by atoms with van der Waals surface area (Å²) < 4.78 is 30.8. The van der Waals surface area contributed by atoms with E-state index in [4.69, 9.17) is 10.5 Å². The number of nitrogen functional groups attached to an aromatic ring is 1. The van der Waals surface area contributed by atoms with E-state index >= 15 is 0 Å². The number of nitrogens with two attached hydrogens (primary N) is 1. The van der Waals surface area contributed by atoms with Crippen LogP contribution in [-0.4, -0.2) is 17.1 Å². The molecule has 4 nitrogen and oxygen atoms in total. The van der Waals surface area contributed by atoms with Gasteiger partial charge in [-0.15, -0.1) is 0 Å². The largest absolute Gasteiger partial charge is 0.479 e. The van der Waals surface area contributed by atoms with Crippen LogP contribution in [0.2, 0.25) is 0 Å². The second kappa shape index (κ2) is 5.18. The highest BCUT2D eigenvalue weighted by Gasteiger charge is 2.11. The molecule has 2 N–H and O–H groups in total. The summed E-state index contributed by atoms with van der Waals surface area (Å²) in [5, 5.41) is 0.424. The molecule has 2 rings (SSSR count). The Hall–Kier alpha value is -1.89. The maximum Gasteiger partial charge on any atom is 0.241 e. The van der Waals surface area contributed by atoms with E-state index in [9.17, 15) is 8.78 Å². The molecule has 0 saturated carbocycles. The number of halogens is 2. The number of rotatable bonds is 3. The minimum Gasteiger partial charge on any atom is -0.479 e. The first-order valence-corrected chi connectivity index (χ1v) is 5.71. The predicted octanol–water partition coefficient (Wildman–Crippen LogP) is 2.50. The SMILES string of the molecule is COc1ncnc(Sc2ccc(F)c(F)c2)c1N. The van der Waals surface area contributed by atoms with Gasteiger partial charge in [0.2, 0.25) is 5.88 Å². The molecule has 2 aromatic rings. The first kappa shape index (κ1) is 12.6. The molecule has 7 heteroatoms. The number of benzene rings is 1. The standard InChI is InChI=1S/C11H9F2N3OS/c1-17-10-9(14)11(16-5-15-10)18-6-2-3-7(12)8(13)4-6/h2-5H,14H2,1H3. The van der Waals surface area contributed by atoms with Crippen molar-refractivity contribution in [3.8, 4) is 5.88 Å². The van der Waals surface area contributed by atoms with Crippen LogP contribution in [0, 0.1) is 11.6 Å². The first-order valence-electron chi connectivity index (χ1n) is 4.89. The molecule has 0 atom stereocenters. The zero-order valence-corrected chi connectivity index (χ0v) is 10.2. The van der Waals surface area contributed by atoms with Crippen molar-refractivity contribution in [3.05, 3.63) is 36.2 Å².